The van der Waals surface area contributed by atoms with Crippen LogP contribution >= 0.6 is 0 Å². The summed E-state index contributed by atoms with van der Waals surface area (Å²) in [6.45, 7) is 5.45. The summed E-state index contributed by atoms with van der Waals surface area (Å²) in [5.74, 6) is 0.846. The zero-order valence-corrected chi connectivity index (χ0v) is 13.3. The maximum Gasteiger partial charge on any atom is 0.124 e. The molecule has 0 saturated heterocycles. The van der Waals surface area contributed by atoms with Gasteiger partial charge in [0.05, 0.1) is 12.6 Å². The van der Waals surface area contributed by atoms with Gasteiger partial charge in [-0.1, -0.05) is 25.1 Å². The van der Waals surface area contributed by atoms with E-state index in [1.807, 2.05) is 24.3 Å². The van der Waals surface area contributed by atoms with Crippen molar-refractivity contribution in [1.29, 1.82) is 0 Å². The minimum absolute atomic E-state index is 0.110. The van der Waals surface area contributed by atoms with Crippen LogP contribution in [-0.2, 0) is 4.74 Å². The fraction of sp³-hybridized carbons (Fsp3) is 0.625. The number of ether oxygens (including phenoxy) is 2. The first-order valence-electron chi connectivity index (χ1n) is 7.11. The van der Waals surface area contributed by atoms with E-state index >= 15 is 0 Å². The lowest BCUT2D eigenvalue weighted by molar-refractivity contribution is 0.125. The average Bonchev–Trinajstić information content (AvgIpc) is 2.46. The number of hydrogen-bond donors (Lipinski definition) is 1. The van der Waals surface area contributed by atoms with Gasteiger partial charge in [0.25, 0.3) is 0 Å². The van der Waals surface area contributed by atoms with Crippen molar-refractivity contribution in [2.24, 2.45) is 5.73 Å². The smallest absolute Gasteiger partial charge is 0.124 e. The molecular weight excluding hydrogens is 252 g/mol. The number of methoxy groups -OCH3 is 1. The topological polar surface area (TPSA) is 47.7 Å². The van der Waals surface area contributed by atoms with E-state index in [1.165, 1.54) is 0 Å². The fourth-order valence-corrected chi connectivity index (χ4v) is 2.25. The van der Waals surface area contributed by atoms with Gasteiger partial charge in [0.1, 0.15) is 12.4 Å². The van der Waals surface area contributed by atoms with Crippen molar-refractivity contribution in [2.75, 3.05) is 34.4 Å². The van der Waals surface area contributed by atoms with Crippen LogP contribution in [0.2, 0.25) is 0 Å². The lowest BCUT2D eigenvalue weighted by Gasteiger charge is -2.41. The first-order chi connectivity index (χ1) is 9.47. The van der Waals surface area contributed by atoms with Gasteiger partial charge in [0.15, 0.2) is 0 Å². The third-order valence-electron chi connectivity index (χ3n) is 4.21. The highest BCUT2D eigenvalue weighted by Gasteiger charge is 2.34. The fourth-order valence-electron chi connectivity index (χ4n) is 2.25. The molecular formula is C16H28N2O2. The van der Waals surface area contributed by atoms with Crippen molar-refractivity contribution in [3.63, 3.8) is 0 Å². The molecule has 2 atom stereocenters. The van der Waals surface area contributed by atoms with E-state index in [2.05, 4.69) is 32.8 Å². The quantitative estimate of drug-likeness (QED) is 0.743. The van der Waals surface area contributed by atoms with E-state index in [9.17, 15) is 0 Å². The number of nitrogens with zero attached hydrogens (tertiary/aromatic N) is 1. The third-order valence-corrected chi connectivity index (χ3v) is 4.21. The molecule has 1 aromatic rings. The third kappa shape index (κ3) is 3.72. The Morgan fingerprint density at radius 3 is 2.45 bits per heavy atom. The molecule has 4 heteroatoms. The van der Waals surface area contributed by atoms with Gasteiger partial charge in [-0.2, -0.15) is 0 Å². The van der Waals surface area contributed by atoms with Gasteiger partial charge in [0, 0.05) is 18.2 Å². The molecule has 0 amide bonds. The van der Waals surface area contributed by atoms with Crippen LogP contribution in [0, 0.1) is 0 Å². The maximum absolute atomic E-state index is 6.54. The Labute approximate surface area is 122 Å². The van der Waals surface area contributed by atoms with Crippen LogP contribution in [0.3, 0.4) is 0 Å². The Kier molecular flexibility index (Phi) is 6.46. The number of hydrogen-bond acceptors (Lipinski definition) is 4. The second-order valence-electron chi connectivity index (χ2n) is 5.46. The predicted octanol–water partition coefficient (Wildman–Crippen LogP) is 2.44. The minimum atomic E-state index is -0.110. The lowest BCUT2D eigenvalue weighted by atomic mass is 9.84. The van der Waals surface area contributed by atoms with E-state index in [0.29, 0.717) is 13.2 Å². The van der Waals surface area contributed by atoms with E-state index in [1.54, 1.807) is 7.11 Å². The number of para-hydroxylation sites is 1. The first-order valence-corrected chi connectivity index (χ1v) is 7.11. The molecule has 1 rings (SSSR count). The van der Waals surface area contributed by atoms with Gasteiger partial charge in [-0.05, 0) is 33.5 Å². The predicted molar refractivity (Wildman–Crippen MR) is 83.1 cm³/mol. The minimum Gasteiger partial charge on any atom is -0.491 e. The van der Waals surface area contributed by atoms with Crippen LogP contribution in [0.1, 0.15) is 31.9 Å². The monoisotopic (exact) mass is 280 g/mol. The van der Waals surface area contributed by atoms with Gasteiger partial charge < -0.3 is 20.1 Å². The summed E-state index contributed by atoms with van der Waals surface area (Å²) in [7, 11) is 5.80. The van der Waals surface area contributed by atoms with Gasteiger partial charge in [0.2, 0.25) is 0 Å². The molecule has 0 heterocycles. The molecule has 4 nitrogen and oxygen atoms in total. The summed E-state index contributed by atoms with van der Waals surface area (Å²) < 4.78 is 10.8. The Balaban J connectivity index is 2.99. The molecule has 1 aromatic carbocycles. The molecule has 0 spiro atoms. The molecule has 0 radical (unpaired) electrons. The van der Waals surface area contributed by atoms with Gasteiger partial charge in [-0.3, -0.25) is 0 Å². The summed E-state index contributed by atoms with van der Waals surface area (Å²) in [6.07, 6.45) is 0.966. The molecule has 0 aliphatic carbocycles. The standard InChI is InChI=1S/C16H28N2O2/c1-6-16(2,18(3)4)15(17)13-9-7-8-10-14(13)20-12-11-19-5/h7-10,15H,6,11-12,17H2,1-5H3. The summed E-state index contributed by atoms with van der Waals surface area (Å²) >= 11 is 0. The van der Waals surface area contributed by atoms with Crippen molar-refractivity contribution in [3.8, 4) is 5.75 Å². The lowest BCUT2D eigenvalue weighted by Crippen LogP contribution is -2.49. The summed E-state index contributed by atoms with van der Waals surface area (Å²) in [4.78, 5) is 2.18. The zero-order chi connectivity index (χ0) is 15.2. The molecule has 2 unspecified atom stereocenters. The Morgan fingerprint density at radius 2 is 1.90 bits per heavy atom. The molecule has 20 heavy (non-hydrogen) atoms. The Morgan fingerprint density at radius 1 is 1.25 bits per heavy atom. The van der Waals surface area contributed by atoms with E-state index in [4.69, 9.17) is 15.2 Å². The highest BCUT2D eigenvalue weighted by molar-refractivity contribution is 5.37. The normalized spacial score (nSPS) is 15.9. The maximum atomic E-state index is 6.54. The van der Waals surface area contributed by atoms with Gasteiger partial charge >= 0.3 is 0 Å². The van der Waals surface area contributed by atoms with Crippen molar-refractivity contribution in [1.82, 2.24) is 4.90 Å². The molecule has 0 saturated carbocycles. The van der Waals surface area contributed by atoms with Gasteiger partial charge in [-0.25, -0.2) is 0 Å². The van der Waals surface area contributed by atoms with E-state index in [0.717, 1.165) is 17.7 Å². The Bertz CT molecular complexity index is 409. The number of nitrogens with two attached hydrogens (primary N) is 1. The van der Waals surface area contributed by atoms with Crippen molar-refractivity contribution in [2.45, 2.75) is 31.8 Å². The van der Waals surface area contributed by atoms with Crippen LogP contribution in [0.25, 0.3) is 0 Å². The second kappa shape index (κ2) is 7.62. The molecule has 0 fully saturated rings. The van der Waals surface area contributed by atoms with Crippen LogP contribution in [0.15, 0.2) is 24.3 Å². The number of rotatable bonds is 8. The largest absolute Gasteiger partial charge is 0.491 e. The van der Waals surface area contributed by atoms with E-state index in [-0.39, 0.29) is 11.6 Å². The van der Waals surface area contributed by atoms with Crippen molar-refractivity contribution < 1.29 is 9.47 Å². The van der Waals surface area contributed by atoms with Crippen LogP contribution in [0.5, 0.6) is 5.75 Å². The highest BCUT2D eigenvalue weighted by Crippen LogP contribution is 2.35. The first kappa shape index (κ1) is 17.0. The van der Waals surface area contributed by atoms with Crippen LogP contribution < -0.4 is 10.5 Å². The highest BCUT2D eigenvalue weighted by atomic mass is 16.5. The molecule has 0 aliphatic rings. The molecule has 2 N–H and O–H groups in total. The molecule has 114 valence electrons. The van der Waals surface area contributed by atoms with Crippen molar-refractivity contribution >= 4 is 0 Å². The summed E-state index contributed by atoms with van der Waals surface area (Å²) in [6, 6.07) is 7.88. The van der Waals surface area contributed by atoms with Gasteiger partial charge in [-0.15, -0.1) is 0 Å². The molecule has 0 aromatic heterocycles. The van der Waals surface area contributed by atoms with Crippen LogP contribution in [-0.4, -0.2) is 44.9 Å². The number of likely N-dealkylation sites (N-methyl/N-ethyl adjacent to an activating group) is 1. The SMILES string of the molecule is CCC(C)(C(N)c1ccccc1OCCOC)N(C)C. The number of benzene rings is 1. The molecule has 0 aliphatic heterocycles. The zero-order valence-electron chi connectivity index (χ0n) is 13.3. The molecule has 0 bridgehead atoms. The second-order valence-corrected chi connectivity index (χ2v) is 5.46. The summed E-state index contributed by atoms with van der Waals surface area (Å²) in [5.41, 5.74) is 7.47. The van der Waals surface area contributed by atoms with Crippen LogP contribution in [0.4, 0.5) is 0 Å². The summed E-state index contributed by atoms with van der Waals surface area (Å²) in [5, 5.41) is 0. The van der Waals surface area contributed by atoms with Crippen molar-refractivity contribution in [3.05, 3.63) is 29.8 Å². The Hall–Kier alpha value is -1.10. The van der Waals surface area contributed by atoms with E-state index < -0.39 is 0 Å². The average molecular weight is 280 g/mol.